The molecule has 1 aromatic carbocycles. The van der Waals surface area contributed by atoms with Crippen molar-refractivity contribution in [2.24, 2.45) is 0 Å². The predicted molar refractivity (Wildman–Crippen MR) is 57.1 cm³/mol. The molecule has 0 amide bonds. The zero-order chi connectivity index (χ0) is 9.97. The van der Waals surface area contributed by atoms with Crippen molar-refractivity contribution in [2.45, 2.75) is 17.2 Å². The van der Waals surface area contributed by atoms with E-state index in [1.165, 1.54) is 0 Å². The van der Waals surface area contributed by atoms with Crippen LogP contribution in [0.25, 0.3) is 0 Å². The molecule has 0 fully saturated rings. The van der Waals surface area contributed by atoms with Crippen LogP contribution in [-0.4, -0.2) is 19.1 Å². The second-order valence-electron chi connectivity index (χ2n) is 3.26. The van der Waals surface area contributed by atoms with Crippen molar-refractivity contribution in [1.82, 2.24) is 0 Å². The molecule has 0 aliphatic carbocycles. The van der Waals surface area contributed by atoms with Crippen molar-refractivity contribution >= 4 is 18.0 Å². The highest BCUT2D eigenvalue weighted by molar-refractivity contribution is 7.99. The summed E-state index contributed by atoms with van der Waals surface area (Å²) in [4.78, 5) is 12.0. The molecule has 1 aliphatic heterocycles. The molecule has 0 aromatic heterocycles. The molecule has 1 heterocycles. The average molecular weight is 208 g/mol. The highest BCUT2D eigenvalue weighted by Crippen LogP contribution is 2.41. The Labute approximate surface area is 87.6 Å². The first-order valence-corrected chi connectivity index (χ1v) is 5.60. The molecular weight excluding hydrogens is 196 g/mol. The zero-order valence-electron chi connectivity index (χ0n) is 8.03. The maximum Gasteiger partial charge on any atom is 0.132 e. The summed E-state index contributed by atoms with van der Waals surface area (Å²) < 4.78 is 5.27. The van der Waals surface area contributed by atoms with Crippen molar-refractivity contribution in [3.05, 3.63) is 23.8 Å². The third kappa shape index (κ3) is 1.52. The van der Waals surface area contributed by atoms with Crippen molar-refractivity contribution in [2.75, 3.05) is 12.9 Å². The van der Waals surface area contributed by atoms with Gasteiger partial charge in [-0.1, -0.05) is 12.1 Å². The Morgan fingerprint density at radius 2 is 2.43 bits per heavy atom. The SMILES string of the molecule is COc1cccc2c1SCCC2C=O. The van der Waals surface area contributed by atoms with Crippen LogP contribution < -0.4 is 4.74 Å². The molecule has 0 N–H and O–H groups in total. The van der Waals surface area contributed by atoms with E-state index >= 15 is 0 Å². The molecule has 14 heavy (non-hydrogen) atoms. The van der Waals surface area contributed by atoms with E-state index in [1.54, 1.807) is 18.9 Å². The van der Waals surface area contributed by atoms with Crippen LogP contribution in [0.2, 0.25) is 0 Å². The van der Waals surface area contributed by atoms with Crippen LogP contribution in [0.1, 0.15) is 17.9 Å². The highest BCUT2D eigenvalue weighted by Gasteiger charge is 2.22. The average Bonchev–Trinajstić information content (AvgIpc) is 2.27. The van der Waals surface area contributed by atoms with Gasteiger partial charge in [0, 0.05) is 5.92 Å². The lowest BCUT2D eigenvalue weighted by molar-refractivity contribution is -0.109. The van der Waals surface area contributed by atoms with Crippen molar-refractivity contribution < 1.29 is 9.53 Å². The predicted octanol–water partition coefficient (Wildman–Crippen LogP) is 2.47. The van der Waals surface area contributed by atoms with Gasteiger partial charge in [0.2, 0.25) is 0 Å². The van der Waals surface area contributed by atoms with E-state index in [2.05, 4.69) is 0 Å². The number of ether oxygens (including phenoxy) is 1. The van der Waals surface area contributed by atoms with E-state index in [0.717, 1.165) is 34.7 Å². The number of fused-ring (bicyclic) bond motifs is 1. The fraction of sp³-hybridized carbons (Fsp3) is 0.364. The first-order valence-electron chi connectivity index (χ1n) is 4.62. The van der Waals surface area contributed by atoms with E-state index in [-0.39, 0.29) is 5.92 Å². The standard InChI is InChI=1S/C11H12O2S/c1-13-10-4-2-3-9-8(7-12)5-6-14-11(9)10/h2-4,7-8H,5-6H2,1H3. The number of methoxy groups -OCH3 is 1. The van der Waals surface area contributed by atoms with Crippen LogP contribution in [-0.2, 0) is 4.79 Å². The number of thioether (sulfide) groups is 1. The van der Waals surface area contributed by atoms with Gasteiger partial charge in [0.15, 0.2) is 0 Å². The quantitative estimate of drug-likeness (QED) is 0.698. The van der Waals surface area contributed by atoms with Crippen LogP contribution in [0.4, 0.5) is 0 Å². The van der Waals surface area contributed by atoms with Crippen LogP contribution in [0.15, 0.2) is 23.1 Å². The van der Waals surface area contributed by atoms with Gasteiger partial charge < -0.3 is 9.53 Å². The molecule has 0 radical (unpaired) electrons. The van der Waals surface area contributed by atoms with E-state index in [0.29, 0.717) is 0 Å². The summed E-state index contributed by atoms with van der Waals surface area (Å²) in [5, 5.41) is 0. The number of rotatable bonds is 2. The van der Waals surface area contributed by atoms with E-state index < -0.39 is 0 Å². The third-order valence-electron chi connectivity index (χ3n) is 2.47. The third-order valence-corrected chi connectivity index (χ3v) is 3.63. The Balaban J connectivity index is 2.48. The number of hydrogen-bond acceptors (Lipinski definition) is 3. The van der Waals surface area contributed by atoms with Gasteiger partial charge in [0.05, 0.1) is 12.0 Å². The molecule has 74 valence electrons. The normalized spacial score (nSPS) is 19.9. The van der Waals surface area contributed by atoms with Crippen LogP contribution in [0.3, 0.4) is 0 Å². The molecule has 0 spiro atoms. The van der Waals surface area contributed by atoms with Crippen molar-refractivity contribution in [3.8, 4) is 5.75 Å². The monoisotopic (exact) mass is 208 g/mol. The Hall–Kier alpha value is -0.960. The summed E-state index contributed by atoms with van der Waals surface area (Å²) in [5.41, 5.74) is 1.12. The Bertz CT molecular complexity index is 349. The summed E-state index contributed by atoms with van der Waals surface area (Å²) >= 11 is 1.78. The molecule has 1 aromatic rings. The molecular formula is C11H12O2S. The Kier molecular flexibility index (Phi) is 2.77. The van der Waals surface area contributed by atoms with Gasteiger partial charge >= 0.3 is 0 Å². The highest BCUT2D eigenvalue weighted by atomic mass is 32.2. The summed E-state index contributed by atoms with van der Waals surface area (Å²) in [7, 11) is 1.67. The van der Waals surface area contributed by atoms with Gasteiger partial charge in [0.25, 0.3) is 0 Å². The molecule has 0 saturated carbocycles. The number of carbonyl (C=O) groups is 1. The summed E-state index contributed by atoms with van der Waals surface area (Å²) in [5.74, 6) is 1.94. The van der Waals surface area contributed by atoms with Gasteiger partial charge in [-0.25, -0.2) is 0 Å². The smallest absolute Gasteiger partial charge is 0.132 e. The van der Waals surface area contributed by atoms with E-state index in [1.807, 2.05) is 18.2 Å². The molecule has 2 rings (SSSR count). The van der Waals surface area contributed by atoms with Crippen molar-refractivity contribution in [3.63, 3.8) is 0 Å². The van der Waals surface area contributed by atoms with E-state index in [9.17, 15) is 4.79 Å². The summed E-state index contributed by atoms with van der Waals surface area (Å²) in [6.45, 7) is 0. The molecule has 1 unspecified atom stereocenters. The second kappa shape index (κ2) is 4.05. The van der Waals surface area contributed by atoms with Crippen LogP contribution in [0.5, 0.6) is 5.75 Å². The Morgan fingerprint density at radius 1 is 1.57 bits per heavy atom. The lowest BCUT2D eigenvalue weighted by Crippen LogP contribution is -2.09. The summed E-state index contributed by atoms with van der Waals surface area (Å²) in [6.07, 6.45) is 1.98. The lowest BCUT2D eigenvalue weighted by Gasteiger charge is -2.22. The molecule has 1 aliphatic rings. The summed E-state index contributed by atoms with van der Waals surface area (Å²) in [6, 6.07) is 5.90. The first-order chi connectivity index (χ1) is 6.86. The van der Waals surface area contributed by atoms with Crippen LogP contribution >= 0.6 is 11.8 Å². The van der Waals surface area contributed by atoms with E-state index in [4.69, 9.17) is 4.74 Å². The van der Waals surface area contributed by atoms with Gasteiger partial charge in [0.1, 0.15) is 12.0 Å². The molecule has 0 bridgehead atoms. The first kappa shape index (κ1) is 9.59. The van der Waals surface area contributed by atoms with Gasteiger partial charge in [-0.05, 0) is 23.8 Å². The number of carbonyl (C=O) groups excluding carboxylic acids is 1. The fourth-order valence-corrected chi connectivity index (χ4v) is 2.98. The topological polar surface area (TPSA) is 26.3 Å². The number of benzene rings is 1. The molecule has 1 atom stereocenters. The van der Waals surface area contributed by atoms with Crippen LogP contribution in [0, 0.1) is 0 Å². The van der Waals surface area contributed by atoms with Crippen molar-refractivity contribution in [1.29, 1.82) is 0 Å². The van der Waals surface area contributed by atoms with Gasteiger partial charge in [-0.15, -0.1) is 11.8 Å². The Morgan fingerprint density at radius 3 is 3.14 bits per heavy atom. The molecule has 3 heteroatoms. The van der Waals surface area contributed by atoms with Gasteiger partial charge in [-0.3, -0.25) is 0 Å². The lowest BCUT2D eigenvalue weighted by atomic mass is 9.97. The second-order valence-corrected chi connectivity index (χ2v) is 4.36. The zero-order valence-corrected chi connectivity index (χ0v) is 8.84. The minimum absolute atomic E-state index is 0.0568. The minimum atomic E-state index is 0.0568. The molecule has 0 saturated heterocycles. The number of aldehydes is 1. The maximum absolute atomic E-state index is 10.9. The fourth-order valence-electron chi connectivity index (χ4n) is 1.72. The minimum Gasteiger partial charge on any atom is -0.496 e. The van der Waals surface area contributed by atoms with Gasteiger partial charge in [-0.2, -0.15) is 0 Å². The molecule has 2 nitrogen and oxygen atoms in total. The number of hydrogen-bond donors (Lipinski definition) is 0. The largest absolute Gasteiger partial charge is 0.496 e. The maximum atomic E-state index is 10.9.